The number of rotatable bonds is 6. The lowest BCUT2D eigenvalue weighted by molar-refractivity contribution is -0.118. The van der Waals surface area contributed by atoms with Crippen LogP contribution in [0.15, 0.2) is 28.6 Å². The molecule has 2 aromatic heterocycles. The molecule has 1 aromatic carbocycles. The molecule has 0 saturated heterocycles. The number of thioether (sulfide) groups is 1. The van der Waals surface area contributed by atoms with E-state index in [1.165, 1.54) is 11.3 Å². The third-order valence-electron chi connectivity index (χ3n) is 4.56. The van der Waals surface area contributed by atoms with Crippen molar-refractivity contribution in [1.29, 1.82) is 0 Å². The van der Waals surface area contributed by atoms with Gasteiger partial charge < -0.3 is 0 Å². The first kappa shape index (κ1) is 18.7. The number of nitrogens with zero attached hydrogens (tertiary/aromatic N) is 4. The maximum Gasteiger partial charge on any atom is 0.228 e. The van der Waals surface area contributed by atoms with Crippen LogP contribution in [0.3, 0.4) is 0 Å². The Morgan fingerprint density at radius 3 is 2.85 bits per heavy atom. The number of benzene rings is 1. The Morgan fingerprint density at radius 2 is 2.11 bits per heavy atom. The average Bonchev–Trinajstić information content (AvgIpc) is 3.41. The molecule has 140 valence electrons. The van der Waals surface area contributed by atoms with E-state index < -0.39 is 0 Å². The number of hydrogen-bond acceptors (Lipinski definition) is 6. The maximum absolute atomic E-state index is 12.2. The molecule has 0 radical (unpaired) electrons. The van der Waals surface area contributed by atoms with Gasteiger partial charge in [-0.25, -0.2) is 0 Å². The van der Waals surface area contributed by atoms with Crippen molar-refractivity contribution in [3.63, 3.8) is 0 Å². The van der Waals surface area contributed by atoms with Gasteiger partial charge in [0.25, 0.3) is 0 Å². The highest BCUT2D eigenvalue weighted by molar-refractivity contribution is 8.00. The fraction of sp³-hybridized carbons (Fsp3) is 0.368. The number of halogens is 1. The van der Waals surface area contributed by atoms with Crippen LogP contribution in [-0.4, -0.2) is 27.1 Å². The number of anilines is 1. The lowest BCUT2D eigenvalue weighted by atomic mass is 10.1. The molecule has 1 amide bonds. The molecule has 2 heterocycles. The standard InChI is InChI=1S/C19H19ClN4OS2/c1-3-16(25)24(12-8-9-12)18-22-23-19(27-18)26-10-15-17(20)11(2)13-6-4-5-7-14(13)21-15/h4-7,12H,3,8-10H2,1-2H3. The monoisotopic (exact) mass is 418 g/mol. The molecule has 0 atom stereocenters. The van der Waals surface area contributed by atoms with Crippen LogP contribution in [0.4, 0.5) is 5.13 Å². The minimum absolute atomic E-state index is 0.111. The van der Waals surface area contributed by atoms with Gasteiger partial charge in [0.1, 0.15) is 0 Å². The quantitative estimate of drug-likeness (QED) is 0.404. The van der Waals surface area contributed by atoms with Crippen molar-refractivity contribution in [1.82, 2.24) is 15.2 Å². The molecule has 4 rings (SSSR count). The summed E-state index contributed by atoms with van der Waals surface area (Å²) in [5.41, 5.74) is 2.84. The zero-order valence-corrected chi connectivity index (χ0v) is 17.5. The van der Waals surface area contributed by atoms with E-state index in [4.69, 9.17) is 16.6 Å². The number of carbonyl (C=O) groups excluding carboxylic acids is 1. The van der Waals surface area contributed by atoms with Crippen LogP contribution < -0.4 is 4.90 Å². The second kappa shape index (κ2) is 7.73. The molecule has 3 aromatic rings. The Hall–Kier alpha value is -1.70. The van der Waals surface area contributed by atoms with E-state index in [9.17, 15) is 4.79 Å². The summed E-state index contributed by atoms with van der Waals surface area (Å²) in [7, 11) is 0. The molecule has 0 unspecified atom stereocenters. The van der Waals surface area contributed by atoms with Crippen molar-refractivity contribution in [2.45, 2.75) is 49.2 Å². The van der Waals surface area contributed by atoms with Crippen LogP contribution in [0.5, 0.6) is 0 Å². The van der Waals surface area contributed by atoms with Crippen molar-refractivity contribution in [3.8, 4) is 0 Å². The second-order valence-corrected chi connectivity index (χ2v) is 9.06. The minimum atomic E-state index is 0.111. The fourth-order valence-corrected chi connectivity index (χ4v) is 5.13. The van der Waals surface area contributed by atoms with E-state index in [0.29, 0.717) is 28.4 Å². The predicted octanol–water partition coefficient (Wildman–Crippen LogP) is 5.25. The van der Waals surface area contributed by atoms with Crippen LogP contribution in [0, 0.1) is 6.92 Å². The molecule has 1 aliphatic carbocycles. The Morgan fingerprint density at radius 1 is 1.33 bits per heavy atom. The van der Waals surface area contributed by atoms with Gasteiger partial charge >= 0.3 is 0 Å². The lowest BCUT2D eigenvalue weighted by Crippen LogP contribution is -2.32. The van der Waals surface area contributed by atoms with Crippen molar-refractivity contribution in [2.75, 3.05) is 4.90 Å². The van der Waals surface area contributed by atoms with Gasteiger partial charge in [0.2, 0.25) is 11.0 Å². The van der Waals surface area contributed by atoms with Gasteiger partial charge in [-0.1, -0.05) is 59.8 Å². The molecule has 0 spiro atoms. The molecule has 1 saturated carbocycles. The van der Waals surface area contributed by atoms with E-state index in [1.807, 2.05) is 43.0 Å². The summed E-state index contributed by atoms with van der Waals surface area (Å²) in [5, 5.41) is 11.0. The number of hydrogen-bond donors (Lipinski definition) is 0. The van der Waals surface area contributed by atoms with E-state index in [0.717, 1.165) is 39.3 Å². The van der Waals surface area contributed by atoms with E-state index in [2.05, 4.69) is 10.2 Å². The summed E-state index contributed by atoms with van der Waals surface area (Å²) < 4.78 is 0.822. The number of carbonyl (C=O) groups is 1. The first-order chi connectivity index (χ1) is 13.1. The second-order valence-electron chi connectivity index (χ2n) is 6.50. The molecular weight excluding hydrogens is 400 g/mol. The first-order valence-corrected chi connectivity index (χ1v) is 11.1. The Bertz CT molecular complexity index is 1000. The third-order valence-corrected chi connectivity index (χ3v) is 7.13. The molecule has 0 N–H and O–H groups in total. The SMILES string of the molecule is CCC(=O)N(c1nnc(SCc2nc3ccccc3c(C)c2Cl)s1)C1CC1. The van der Waals surface area contributed by atoms with Gasteiger partial charge in [0.15, 0.2) is 4.34 Å². The molecule has 1 aliphatic rings. The van der Waals surface area contributed by atoms with Crippen molar-refractivity contribution in [3.05, 3.63) is 40.5 Å². The Labute approximate surface area is 171 Å². The predicted molar refractivity (Wildman–Crippen MR) is 112 cm³/mol. The molecule has 0 aliphatic heterocycles. The van der Waals surface area contributed by atoms with Crippen LogP contribution in [-0.2, 0) is 10.5 Å². The van der Waals surface area contributed by atoms with Gasteiger partial charge in [-0.05, 0) is 31.4 Å². The van der Waals surface area contributed by atoms with E-state index >= 15 is 0 Å². The number of aryl methyl sites for hydroxylation is 1. The van der Waals surface area contributed by atoms with E-state index in [1.54, 1.807) is 11.8 Å². The highest BCUT2D eigenvalue weighted by Gasteiger charge is 2.35. The first-order valence-electron chi connectivity index (χ1n) is 8.90. The number of pyridine rings is 1. The van der Waals surface area contributed by atoms with Gasteiger partial charge in [-0.2, -0.15) is 0 Å². The molecule has 27 heavy (non-hydrogen) atoms. The van der Waals surface area contributed by atoms with Gasteiger partial charge in [-0.15, -0.1) is 10.2 Å². The van der Waals surface area contributed by atoms with E-state index in [-0.39, 0.29) is 5.91 Å². The van der Waals surface area contributed by atoms with Crippen molar-refractivity contribution in [2.24, 2.45) is 0 Å². The Balaban J connectivity index is 1.53. The van der Waals surface area contributed by atoms with Gasteiger partial charge in [-0.3, -0.25) is 14.7 Å². The zero-order valence-electron chi connectivity index (χ0n) is 15.1. The summed E-state index contributed by atoms with van der Waals surface area (Å²) in [5.74, 6) is 0.727. The number of para-hydroxylation sites is 1. The molecule has 5 nitrogen and oxygen atoms in total. The normalized spacial score (nSPS) is 13.9. The summed E-state index contributed by atoms with van der Waals surface area (Å²) >= 11 is 9.56. The highest BCUT2D eigenvalue weighted by atomic mass is 35.5. The number of amides is 1. The number of fused-ring (bicyclic) bond motifs is 1. The van der Waals surface area contributed by atoms with Gasteiger partial charge in [0.05, 0.1) is 16.2 Å². The lowest BCUT2D eigenvalue weighted by Gasteiger charge is -2.17. The summed E-state index contributed by atoms with van der Waals surface area (Å²) in [4.78, 5) is 18.7. The summed E-state index contributed by atoms with van der Waals surface area (Å²) in [6.07, 6.45) is 2.57. The topological polar surface area (TPSA) is 59.0 Å². The minimum Gasteiger partial charge on any atom is -0.284 e. The maximum atomic E-state index is 12.2. The van der Waals surface area contributed by atoms with Crippen LogP contribution in [0.1, 0.15) is 37.4 Å². The zero-order chi connectivity index (χ0) is 19.0. The highest BCUT2D eigenvalue weighted by Crippen LogP contribution is 2.37. The van der Waals surface area contributed by atoms with Crippen molar-refractivity contribution < 1.29 is 4.79 Å². The molecule has 8 heteroatoms. The molecular formula is C19H19ClN4OS2. The van der Waals surface area contributed by atoms with Gasteiger partial charge in [0, 0.05) is 23.6 Å². The summed E-state index contributed by atoms with van der Waals surface area (Å²) in [6, 6.07) is 8.30. The number of aromatic nitrogens is 3. The van der Waals surface area contributed by atoms with Crippen molar-refractivity contribution >= 4 is 56.6 Å². The smallest absolute Gasteiger partial charge is 0.228 e. The van der Waals surface area contributed by atoms with Crippen LogP contribution in [0.2, 0.25) is 5.02 Å². The van der Waals surface area contributed by atoms with Crippen LogP contribution in [0.25, 0.3) is 10.9 Å². The molecule has 1 fully saturated rings. The largest absolute Gasteiger partial charge is 0.284 e. The average molecular weight is 419 g/mol. The summed E-state index contributed by atoms with van der Waals surface area (Å²) in [6.45, 7) is 3.90. The van der Waals surface area contributed by atoms with Crippen LogP contribution >= 0.6 is 34.7 Å². The third kappa shape index (κ3) is 3.81. The fourth-order valence-electron chi connectivity index (χ4n) is 2.97. The molecule has 0 bridgehead atoms. The Kier molecular flexibility index (Phi) is 5.34.